The van der Waals surface area contributed by atoms with Gasteiger partial charge in [-0.2, -0.15) is 0 Å². The Labute approximate surface area is 176 Å². The van der Waals surface area contributed by atoms with E-state index in [9.17, 15) is 24.7 Å². The van der Waals surface area contributed by atoms with E-state index in [0.717, 1.165) is 31.3 Å². The number of fused-ring (bicyclic) bond motifs is 5. The maximum absolute atomic E-state index is 12.9. The van der Waals surface area contributed by atoms with Crippen molar-refractivity contribution in [2.45, 2.75) is 64.9 Å². The van der Waals surface area contributed by atoms with Crippen LogP contribution in [0.5, 0.6) is 0 Å². The fourth-order valence-electron chi connectivity index (χ4n) is 7.47. The van der Waals surface area contributed by atoms with E-state index in [1.54, 1.807) is 6.08 Å². The van der Waals surface area contributed by atoms with E-state index in [2.05, 4.69) is 12.1 Å². The molecule has 0 aromatic carbocycles. The summed E-state index contributed by atoms with van der Waals surface area (Å²) in [5.74, 6) is -0.617. The van der Waals surface area contributed by atoms with Gasteiger partial charge in [-0.3, -0.25) is 14.4 Å². The normalized spacial score (nSPS) is 42.8. The summed E-state index contributed by atoms with van der Waals surface area (Å²) in [6, 6.07) is 0. The van der Waals surface area contributed by atoms with Crippen LogP contribution in [0.1, 0.15) is 58.8 Å². The van der Waals surface area contributed by atoms with Gasteiger partial charge in [0.05, 0.1) is 12.3 Å². The van der Waals surface area contributed by atoms with Crippen LogP contribution in [0.4, 0.5) is 0 Å². The Morgan fingerprint density at radius 1 is 1.30 bits per heavy atom. The monoisotopic (exact) mass is 417 g/mol. The summed E-state index contributed by atoms with van der Waals surface area (Å²) in [5.41, 5.74) is 0.218. The van der Waals surface area contributed by atoms with Crippen LogP contribution in [-0.4, -0.2) is 46.8 Å². The number of esters is 1. The maximum Gasteiger partial charge on any atom is 0.303 e. The molecule has 3 fully saturated rings. The Morgan fingerprint density at radius 2 is 2.07 bits per heavy atom. The highest BCUT2D eigenvalue weighted by Crippen LogP contribution is 2.66. The topological polar surface area (TPSA) is 113 Å². The van der Waals surface area contributed by atoms with Crippen LogP contribution in [0.25, 0.3) is 0 Å². The number of hydrogen-bond acceptors (Lipinski definition) is 7. The molecule has 0 spiro atoms. The molecule has 0 amide bonds. The van der Waals surface area contributed by atoms with Crippen LogP contribution in [0, 0.1) is 34.5 Å². The predicted molar refractivity (Wildman–Crippen MR) is 108 cm³/mol. The fraction of sp³-hybridized carbons (Fsp3) is 0.739. The van der Waals surface area contributed by atoms with Gasteiger partial charge in [-0.15, -0.1) is 5.16 Å². The second kappa shape index (κ2) is 7.59. The number of carbonyl (C=O) groups is 3. The SMILES string of the molecule is CC(=O)OCC(=O)[C@H]1CC[C@H]2C3CCC4=CC(=O)CC[C@]4(C)C3[C@@H](O)C[C@]12/C=N/O. The summed E-state index contributed by atoms with van der Waals surface area (Å²) in [5, 5.41) is 24.2. The lowest BCUT2D eigenvalue weighted by Crippen LogP contribution is -2.58. The molecule has 30 heavy (non-hydrogen) atoms. The molecule has 0 aromatic heterocycles. The summed E-state index contributed by atoms with van der Waals surface area (Å²) in [4.78, 5) is 36.1. The zero-order valence-corrected chi connectivity index (χ0v) is 17.7. The average Bonchev–Trinajstić information content (AvgIpc) is 3.05. The Bertz CT molecular complexity index is 819. The molecule has 0 aliphatic heterocycles. The van der Waals surface area contributed by atoms with Gasteiger partial charge in [0, 0.05) is 24.7 Å². The van der Waals surface area contributed by atoms with Crippen LogP contribution in [-0.2, 0) is 19.1 Å². The lowest BCUT2D eigenvalue weighted by molar-refractivity contribution is -0.150. The van der Waals surface area contributed by atoms with Crippen molar-refractivity contribution in [3.05, 3.63) is 11.6 Å². The number of rotatable bonds is 4. The summed E-state index contributed by atoms with van der Waals surface area (Å²) in [6.07, 6.45) is 7.32. The van der Waals surface area contributed by atoms with Crippen LogP contribution in [0.15, 0.2) is 16.8 Å². The molecule has 0 radical (unpaired) electrons. The van der Waals surface area contributed by atoms with Crippen molar-refractivity contribution in [1.82, 2.24) is 0 Å². The molecule has 4 rings (SSSR count). The number of oxime groups is 1. The van der Waals surface area contributed by atoms with Gasteiger partial charge in [0.2, 0.25) is 0 Å². The Morgan fingerprint density at radius 3 is 2.77 bits per heavy atom. The first kappa shape index (κ1) is 21.2. The van der Waals surface area contributed by atoms with Gasteiger partial charge < -0.3 is 15.1 Å². The molecule has 0 heterocycles. The van der Waals surface area contributed by atoms with Gasteiger partial charge in [0.15, 0.2) is 11.6 Å². The van der Waals surface area contributed by atoms with Crippen molar-refractivity contribution in [3.63, 3.8) is 0 Å². The van der Waals surface area contributed by atoms with E-state index in [1.807, 2.05) is 0 Å². The predicted octanol–water partition coefficient (Wildman–Crippen LogP) is 2.68. The molecule has 3 saturated carbocycles. The second-order valence-electron chi connectivity index (χ2n) is 9.89. The van der Waals surface area contributed by atoms with Crippen molar-refractivity contribution in [1.29, 1.82) is 0 Å². The highest BCUT2D eigenvalue weighted by atomic mass is 16.5. The number of aliphatic hydroxyl groups is 1. The van der Waals surface area contributed by atoms with Gasteiger partial charge in [-0.1, -0.05) is 12.5 Å². The number of hydrogen-bond donors (Lipinski definition) is 2. The van der Waals surface area contributed by atoms with E-state index in [1.165, 1.54) is 13.1 Å². The molecule has 0 saturated heterocycles. The zero-order chi connectivity index (χ0) is 21.7. The summed E-state index contributed by atoms with van der Waals surface area (Å²) >= 11 is 0. The smallest absolute Gasteiger partial charge is 0.303 e. The highest BCUT2D eigenvalue weighted by molar-refractivity contribution is 5.92. The third kappa shape index (κ3) is 3.13. The van der Waals surface area contributed by atoms with E-state index in [-0.39, 0.29) is 41.3 Å². The fourth-order valence-corrected chi connectivity index (χ4v) is 7.47. The quantitative estimate of drug-likeness (QED) is 0.315. The van der Waals surface area contributed by atoms with E-state index >= 15 is 0 Å². The molecule has 0 aromatic rings. The zero-order valence-electron chi connectivity index (χ0n) is 17.7. The van der Waals surface area contributed by atoms with Crippen molar-refractivity contribution in [2.75, 3.05) is 6.61 Å². The number of carbonyl (C=O) groups excluding carboxylic acids is 3. The lowest BCUT2D eigenvalue weighted by Gasteiger charge is -2.59. The number of Topliss-reactive ketones (excluding diaryl/α,β-unsaturated/α-hetero) is 1. The Kier molecular flexibility index (Phi) is 5.37. The number of allylic oxidation sites excluding steroid dienone is 1. The molecule has 2 N–H and O–H groups in total. The van der Waals surface area contributed by atoms with Crippen LogP contribution in [0.2, 0.25) is 0 Å². The van der Waals surface area contributed by atoms with E-state index in [0.29, 0.717) is 19.3 Å². The standard InChI is InChI=1S/C23H31NO6/c1-13(25)30-11-20(28)18-6-5-17-16-4-3-14-9-15(26)7-8-22(14,2)21(16)19(27)10-23(17,18)12-24-29/h9,12,16-19,21,27,29H,3-8,10-11H2,1-2H3/b24-12+/t16?,17-,18+,19-,21?,22-,23+/m0/s1. The molecule has 2 unspecified atom stereocenters. The molecular weight excluding hydrogens is 386 g/mol. The van der Waals surface area contributed by atoms with Gasteiger partial charge in [-0.25, -0.2) is 0 Å². The highest BCUT2D eigenvalue weighted by Gasteiger charge is 2.64. The summed E-state index contributed by atoms with van der Waals surface area (Å²) in [6.45, 7) is 3.16. The Hall–Kier alpha value is -2.02. The van der Waals surface area contributed by atoms with Crippen LogP contribution in [0.3, 0.4) is 0 Å². The number of ether oxygens (including phenoxy) is 1. The largest absolute Gasteiger partial charge is 0.458 e. The number of nitrogens with zero attached hydrogens (tertiary/aromatic N) is 1. The van der Waals surface area contributed by atoms with Crippen molar-refractivity contribution < 1.29 is 29.4 Å². The molecule has 0 bridgehead atoms. The Balaban J connectivity index is 1.68. The molecular formula is C23H31NO6. The van der Waals surface area contributed by atoms with Crippen LogP contribution >= 0.6 is 0 Å². The summed E-state index contributed by atoms with van der Waals surface area (Å²) < 4.78 is 4.95. The van der Waals surface area contributed by atoms with Crippen LogP contribution < -0.4 is 0 Å². The van der Waals surface area contributed by atoms with E-state index in [4.69, 9.17) is 4.74 Å². The molecule has 164 valence electrons. The third-order valence-corrected chi connectivity index (χ3v) is 8.61. The third-order valence-electron chi connectivity index (χ3n) is 8.61. The maximum atomic E-state index is 12.9. The summed E-state index contributed by atoms with van der Waals surface area (Å²) in [7, 11) is 0. The van der Waals surface area contributed by atoms with Gasteiger partial charge in [-0.05, 0) is 67.8 Å². The first-order valence-electron chi connectivity index (χ1n) is 11.0. The number of ketones is 2. The average molecular weight is 418 g/mol. The van der Waals surface area contributed by atoms with Crippen molar-refractivity contribution in [3.8, 4) is 0 Å². The minimum absolute atomic E-state index is 0.0261. The molecule has 7 heteroatoms. The minimum Gasteiger partial charge on any atom is -0.458 e. The first-order chi connectivity index (χ1) is 14.2. The van der Waals surface area contributed by atoms with E-state index < -0.39 is 23.4 Å². The first-order valence-corrected chi connectivity index (χ1v) is 11.0. The van der Waals surface area contributed by atoms with Gasteiger partial charge >= 0.3 is 5.97 Å². The molecule has 7 atom stereocenters. The van der Waals surface area contributed by atoms with Crippen molar-refractivity contribution in [2.24, 2.45) is 39.7 Å². The number of aliphatic hydroxyl groups excluding tert-OH is 1. The lowest BCUT2D eigenvalue weighted by atomic mass is 9.45. The second-order valence-corrected chi connectivity index (χ2v) is 9.89. The van der Waals surface area contributed by atoms with Crippen molar-refractivity contribution >= 4 is 23.8 Å². The minimum atomic E-state index is -0.728. The molecule has 7 nitrogen and oxygen atoms in total. The van der Waals surface area contributed by atoms with Gasteiger partial charge in [0.1, 0.15) is 6.61 Å². The molecule has 4 aliphatic rings. The molecule has 4 aliphatic carbocycles. The van der Waals surface area contributed by atoms with Gasteiger partial charge in [0.25, 0.3) is 0 Å².